The molecular weight excluding hydrogens is 409 g/mol. The lowest BCUT2D eigenvalue weighted by Crippen LogP contribution is -2.25. The molecule has 1 unspecified atom stereocenters. The van der Waals surface area contributed by atoms with Crippen LogP contribution < -0.4 is 10.2 Å². The topological polar surface area (TPSA) is 69.6 Å². The van der Waals surface area contributed by atoms with E-state index in [4.69, 9.17) is 9.90 Å². The van der Waals surface area contributed by atoms with Gasteiger partial charge in [0.1, 0.15) is 0 Å². The van der Waals surface area contributed by atoms with Gasteiger partial charge in [0, 0.05) is 13.1 Å². The van der Waals surface area contributed by atoms with Crippen molar-refractivity contribution in [2.75, 3.05) is 23.3 Å². The first kappa shape index (κ1) is 22.7. The number of anilines is 2. The van der Waals surface area contributed by atoms with Crippen molar-refractivity contribution in [3.63, 3.8) is 0 Å². The van der Waals surface area contributed by atoms with E-state index < -0.39 is 12.1 Å². The average molecular weight is 434 g/mol. The minimum Gasteiger partial charge on any atom is -0.475 e. The third-order valence-electron chi connectivity index (χ3n) is 5.39. The van der Waals surface area contributed by atoms with Crippen molar-refractivity contribution in [1.82, 2.24) is 0 Å². The lowest BCUT2D eigenvalue weighted by molar-refractivity contribution is -0.192. The molecule has 5 nitrogen and oxygen atoms in total. The number of carboxylic acids is 1. The van der Waals surface area contributed by atoms with Crippen molar-refractivity contribution in [3.05, 3.63) is 60.2 Å². The second kappa shape index (κ2) is 9.85. The zero-order chi connectivity index (χ0) is 22.4. The number of para-hydroxylation sites is 2. The van der Waals surface area contributed by atoms with Gasteiger partial charge in [0.2, 0.25) is 5.91 Å². The van der Waals surface area contributed by atoms with E-state index in [0.717, 1.165) is 42.9 Å². The van der Waals surface area contributed by atoms with Gasteiger partial charge in [-0.05, 0) is 49.3 Å². The maximum Gasteiger partial charge on any atom is 0.490 e. The standard InChI is InChI=1S/C21H24N2O.C2HF3O2/c24-21(20(17-12-13-17)16-8-2-1-3-9-16)22-18-10-4-5-11-19(18)23-14-6-7-15-23;3-2(4,5)1(6)7/h1-5,8-11,17,20H,6-7,12-15H2,(H,22,24);(H,6,7). The molecule has 2 aromatic carbocycles. The minimum absolute atomic E-state index is 0.0298. The molecule has 1 atom stereocenters. The summed E-state index contributed by atoms with van der Waals surface area (Å²) in [4.78, 5) is 24.3. The summed E-state index contributed by atoms with van der Waals surface area (Å²) < 4.78 is 31.7. The Kier molecular flexibility index (Phi) is 7.20. The number of aliphatic carboxylic acids is 1. The Balaban J connectivity index is 0.000000339. The highest BCUT2D eigenvalue weighted by molar-refractivity contribution is 5.99. The van der Waals surface area contributed by atoms with Crippen molar-refractivity contribution in [3.8, 4) is 0 Å². The van der Waals surface area contributed by atoms with Crippen LogP contribution in [0.15, 0.2) is 54.6 Å². The Bertz CT molecular complexity index is 892. The lowest BCUT2D eigenvalue weighted by Gasteiger charge is -2.23. The first-order valence-corrected chi connectivity index (χ1v) is 10.3. The molecule has 0 bridgehead atoms. The first-order chi connectivity index (χ1) is 14.8. The Morgan fingerprint density at radius 3 is 2.06 bits per heavy atom. The third kappa shape index (κ3) is 6.23. The van der Waals surface area contributed by atoms with E-state index in [2.05, 4.69) is 34.5 Å². The molecular formula is C23H25F3N2O3. The molecule has 4 rings (SSSR count). The van der Waals surface area contributed by atoms with E-state index in [-0.39, 0.29) is 11.8 Å². The molecule has 2 fully saturated rings. The predicted molar refractivity (Wildman–Crippen MR) is 112 cm³/mol. The zero-order valence-corrected chi connectivity index (χ0v) is 16.9. The van der Waals surface area contributed by atoms with Gasteiger partial charge in [-0.15, -0.1) is 0 Å². The van der Waals surface area contributed by atoms with Crippen LogP contribution in [0.3, 0.4) is 0 Å². The number of benzene rings is 2. The summed E-state index contributed by atoms with van der Waals surface area (Å²) >= 11 is 0. The Morgan fingerprint density at radius 2 is 1.52 bits per heavy atom. The molecule has 0 aromatic heterocycles. The fourth-order valence-electron chi connectivity index (χ4n) is 3.75. The number of alkyl halides is 3. The van der Waals surface area contributed by atoms with E-state index in [0.29, 0.717) is 5.92 Å². The van der Waals surface area contributed by atoms with Crippen LogP contribution in [0.5, 0.6) is 0 Å². The Hall–Kier alpha value is -3.03. The second-order valence-corrected chi connectivity index (χ2v) is 7.73. The molecule has 2 aliphatic rings. The zero-order valence-electron chi connectivity index (χ0n) is 16.9. The molecule has 1 aliphatic heterocycles. The molecule has 0 spiro atoms. The van der Waals surface area contributed by atoms with E-state index in [1.54, 1.807) is 0 Å². The molecule has 1 saturated carbocycles. The molecule has 8 heteroatoms. The molecule has 2 aromatic rings. The van der Waals surface area contributed by atoms with Gasteiger partial charge in [-0.2, -0.15) is 13.2 Å². The maximum atomic E-state index is 13.0. The smallest absolute Gasteiger partial charge is 0.475 e. The van der Waals surface area contributed by atoms with Crippen molar-refractivity contribution < 1.29 is 27.9 Å². The van der Waals surface area contributed by atoms with Gasteiger partial charge in [0.05, 0.1) is 17.3 Å². The predicted octanol–water partition coefficient (Wildman–Crippen LogP) is 5.05. The van der Waals surface area contributed by atoms with Crippen LogP contribution in [0, 0.1) is 5.92 Å². The molecule has 166 valence electrons. The third-order valence-corrected chi connectivity index (χ3v) is 5.39. The number of hydrogen-bond acceptors (Lipinski definition) is 3. The van der Waals surface area contributed by atoms with Crippen molar-refractivity contribution >= 4 is 23.3 Å². The minimum atomic E-state index is -5.08. The number of carbonyl (C=O) groups is 2. The van der Waals surface area contributed by atoms with E-state index >= 15 is 0 Å². The molecule has 1 heterocycles. The number of rotatable bonds is 5. The SMILES string of the molecule is O=C(Nc1ccccc1N1CCCC1)C(c1ccccc1)C1CC1.O=C(O)C(F)(F)F. The largest absolute Gasteiger partial charge is 0.490 e. The van der Waals surface area contributed by atoms with Gasteiger partial charge in [-0.3, -0.25) is 4.79 Å². The molecule has 1 amide bonds. The normalized spacial score (nSPS) is 16.8. The highest BCUT2D eigenvalue weighted by Gasteiger charge is 2.38. The summed E-state index contributed by atoms with van der Waals surface area (Å²) in [7, 11) is 0. The van der Waals surface area contributed by atoms with E-state index in [1.165, 1.54) is 12.8 Å². The van der Waals surface area contributed by atoms with Gasteiger partial charge in [0.25, 0.3) is 0 Å². The summed E-state index contributed by atoms with van der Waals surface area (Å²) in [6, 6.07) is 18.4. The maximum absolute atomic E-state index is 13.0. The number of amides is 1. The number of nitrogens with one attached hydrogen (secondary N) is 1. The van der Waals surface area contributed by atoms with Crippen LogP contribution in [0.2, 0.25) is 0 Å². The highest BCUT2D eigenvalue weighted by Crippen LogP contribution is 2.43. The lowest BCUT2D eigenvalue weighted by atomic mass is 9.93. The van der Waals surface area contributed by atoms with E-state index in [1.807, 2.05) is 30.3 Å². The van der Waals surface area contributed by atoms with Crippen LogP contribution >= 0.6 is 0 Å². The summed E-state index contributed by atoms with van der Waals surface area (Å²) in [5.41, 5.74) is 3.24. The summed E-state index contributed by atoms with van der Waals surface area (Å²) in [5, 5.41) is 10.4. The number of carboxylic acid groups (broad SMARTS) is 1. The fraction of sp³-hybridized carbons (Fsp3) is 0.391. The number of halogens is 3. The monoisotopic (exact) mass is 434 g/mol. The quantitative estimate of drug-likeness (QED) is 0.691. The van der Waals surface area contributed by atoms with Gasteiger partial charge in [-0.1, -0.05) is 42.5 Å². The average Bonchev–Trinajstić information content (AvgIpc) is 3.40. The van der Waals surface area contributed by atoms with Crippen LogP contribution in [0.1, 0.15) is 37.2 Å². The van der Waals surface area contributed by atoms with Crippen LogP contribution in [0.4, 0.5) is 24.5 Å². The van der Waals surface area contributed by atoms with Crippen LogP contribution in [-0.2, 0) is 9.59 Å². The van der Waals surface area contributed by atoms with E-state index in [9.17, 15) is 18.0 Å². The summed E-state index contributed by atoms with van der Waals surface area (Å²) in [5.74, 6) is -2.16. The molecule has 0 radical (unpaired) electrons. The van der Waals surface area contributed by atoms with Crippen molar-refractivity contribution in [2.45, 2.75) is 37.8 Å². The second-order valence-electron chi connectivity index (χ2n) is 7.73. The summed E-state index contributed by atoms with van der Waals surface area (Å²) in [6.07, 6.45) is -0.310. The molecule has 2 N–H and O–H groups in total. The number of hydrogen-bond donors (Lipinski definition) is 2. The van der Waals surface area contributed by atoms with Gasteiger partial charge >= 0.3 is 12.1 Å². The van der Waals surface area contributed by atoms with Crippen molar-refractivity contribution in [2.24, 2.45) is 5.92 Å². The van der Waals surface area contributed by atoms with Gasteiger partial charge in [-0.25, -0.2) is 4.79 Å². The number of nitrogens with zero attached hydrogens (tertiary/aromatic N) is 1. The molecule has 1 saturated heterocycles. The summed E-state index contributed by atoms with van der Waals surface area (Å²) in [6.45, 7) is 2.16. The van der Waals surface area contributed by atoms with Gasteiger partial charge in [0.15, 0.2) is 0 Å². The van der Waals surface area contributed by atoms with Crippen LogP contribution in [-0.4, -0.2) is 36.2 Å². The molecule has 1 aliphatic carbocycles. The molecule has 31 heavy (non-hydrogen) atoms. The Morgan fingerprint density at radius 1 is 0.968 bits per heavy atom. The number of carbonyl (C=O) groups excluding carboxylic acids is 1. The van der Waals surface area contributed by atoms with Crippen molar-refractivity contribution in [1.29, 1.82) is 0 Å². The Labute approximate surface area is 178 Å². The highest BCUT2D eigenvalue weighted by atomic mass is 19.4. The van der Waals surface area contributed by atoms with Gasteiger partial charge < -0.3 is 15.3 Å². The van der Waals surface area contributed by atoms with Crippen LogP contribution in [0.25, 0.3) is 0 Å². The fourth-order valence-corrected chi connectivity index (χ4v) is 3.75. The first-order valence-electron chi connectivity index (χ1n) is 10.3.